The fourth-order valence-electron chi connectivity index (χ4n) is 4.19. The number of amides is 2. The SMILES string of the molecule is COc1cccc(C[C@@]2(C(=O)O)CN(C(=O)CN3CCCCC3=O)CC[C@H]2O)c1. The summed E-state index contributed by atoms with van der Waals surface area (Å²) in [5.74, 6) is -0.852. The van der Waals surface area contributed by atoms with Gasteiger partial charge in [0.25, 0.3) is 0 Å². The number of hydrogen-bond acceptors (Lipinski definition) is 5. The van der Waals surface area contributed by atoms with Crippen LogP contribution in [0.25, 0.3) is 0 Å². The Balaban J connectivity index is 1.78. The Labute approximate surface area is 170 Å². The monoisotopic (exact) mass is 404 g/mol. The van der Waals surface area contributed by atoms with Gasteiger partial charge in [0.1, 0.15) is 11.2 Å². The number of carboxylic acid groups (broad SMARTS) is 1. The van der Waals surface area contributed by atoms with E-state index >= 15 is 0 Å². The largest absolute Gasteiger partial charge is 0.497 e. The average molecular weight is 404 g/mol. The molecule has 2 amide bonds. The first-order chi connectivity index (χ1) is 13.9. The van der Waals surface area contributed by atoms with Gasteiger partial charge in [-0.15, -0.1) is 0 Å². The molecular formula is C21H28N2O6. The molecule has 0 spiro atoms. The van der Waals surface area contributed by atoms with Gasteiger partial charge in [-0.3, -0.25) is 14.4 Å². The lowest BCUT2D eigenvalue weighted by Crippen LogP contribution is -2.59. The first-order valence-electron chi connectivity index (χ1n) is 9.95. The normalized spacial score (nSPS) is 25.0. The Hall–Kier alpha value is -2.61. The molecule has 1 aromatic rings. The third-order valence-electron chi connectivity index (χ3n) is 5.96. The Bertz CT molecular complexity index is 782. The van der Waals surface area contributed by atoms with Crippen LogP contribution in [-0.4, -0.2) is 77.2 Å². The number of likely N-dealkylation sites (tertiary alicyclic amines) is 2. The summed E-state index contributed by atoms with van der Waals surface area (Å²) in [5, 5.41) is 20.6. The minimum atomic E-state index is -1.51. The summed E-state index contributed by atoms with van der Waals surface area (Å²) in [6.07, 6.45) is 1.32. The lowest BCUT2D eigenvalue weighted by Gasteiger charge is -2.44. The summed E-state index contributed by atoms with van der Waals surface area (Å²) in [6.45, 7) is 0.690. The quantitative estimate of drug-likeness (QED) is 0.730. The van der Waals surface area contributed by atoms with Crippen LogP contribution in [0.1, 0.15) is 31.2 Å². The van der Waals surface area contributed by atoms with Crippen LogP contribution >= 0.6 is 0 Å². The summed E-state index contributed by atoms with van der Waals surface area (Å²) >= 11 is 0. The van der Waals surface area contributed by atoms with Crippen molar-refractivity contribution < 1.29 is 29.3 Å². The van der Waals surface area contributed by atoms with E-state index in [2.05, 4.69) is 0 Å². The number of hydrogen-bond donors (Lipinski definition) is 2. The third kappa shape index (κ3) is 4.53. The van der Waals surface area contributed by atoms with Gasteiger partial charge in [0, 0.05) is 26.1 Å². The number of aliphatic hydroxyl groups excluding tert-OH is 1. The first-order valence-corrected chi connectivity index (χ1v) is 9.95. The minimum absolute atomic E-state index is 0.0379. The van der Waals surface area contributed by atoms with Crippen molar-refractivity contribution in [2.24, 2.45) is 5.41 Å². The molecule has 8 nitrogen and oxygen atoms in total. The molecule has 1 aromatic carbocycles. The van der Waals surface area contributed by atoms with E-state index in [0.717, 1.165) is 12.8 Å². The molecule has 0 radical (unpaired) electrons. The highest BCUT2D eigenvalue weighted by molar-refractivity contribution is 5.86. The number of ether oxygens (including phenoxy) is 1. The highest BCUT2D eigenvalue weighted by atomic mass is 16.5. The molecule has 2 aliphatic heterocycles. The van der Waals surface area contributed by atoms with Crippen LogP contribution in [0, 0.1) is 5.41 Å². The Kier molecular flexibility index (Phi) is 6.42. The van der Waals surface area contributed by atoms with Crippen molar-refractivity contribution in [1.29, 1.82) is 0 Å². The van der Waals surface area contributed by atoms with E-state index in [9.17, 15) is 24.6 Å². The van der Waals surface area contributed by atoms with Crippen LogP contribution in [0.15, 0.2) is 24.3 Å². The first kappa shape index (κ1) is 21.1. The molecule has 2 heterocycles. The number of piperidine rings is 2. The van der Waals surface area contributed by atoms with Gasteiger partial charge in [-0.05, 0) is 43.4 Å². The molecular weight excluding hydrogens is 376 g/mol. The number of nitrogens with zero attached hydrogens (tertiary/aromatic N) is 2. The maximum Gasteiger partial charge on any atom is 0.314 e. The predicted molar refractivity (Wildman–Crippen MR) is 104 cm³/mol. The van der Waals surface area contributed by atoms with Crippen molar-refractivity contribution in [2.45, 2.75) is 38.2 Å². The zero-order chi connectivity index (χ0) is 21.0. The fourth-order valence-corrected chi connectivity index (χ4v) is 4.19. The molecule has 2 aliphatic rings. The molecule has 8 heteroatoms. The Morgan fingerprint density at radius 1 is 1.28 bits per heavy atom. The van der Waals surface area contributed by atoms with Gasteiger partial charge in [-0.2, -0.15) is 0 Å². The lowest BCUT2D eigenvalue weighted by molar-refractivity contribution is -0.166. The van der Waals surface area contributed by atoms with Crippen molar-refractivity contribution in [3.63, 3.8) is 0 Å². The second-order valence-electron chi connectivity index (χ2n) is 7.88. The fraction of sp³-hybridized carbons (Fsp3) is 0.571. The van der Waals surface area contributed by atoms with E-state index in [1.807, 2.05) is 0 Å². The second-order valence-corrected chi connectivity index (χ2v) is 7.88. The highest BCUT2D eigenvalue weighted by Crippen LogP contribution is 2.35. The van der Waals surface area contributed by atoms with E-state index in [-0.39, 0.29) is 44.3 Å². The molecule has 2 fully saturated rings. The lowest BCUT2D eigenvalue weighted by atomic mass is 9.72. The number of aliphatic carboxylic acids is 1. The number of carbonyl (C=O) groups excluding carboxylic acids is 2. The number of rotatable bonds is 6. The van der Waals surface area contributed by atoms with Crippen molar-refractivity contribution in [3.05, 3.63) is 29.8 Å². The molecule has 0 unspecified atom stereocenters. The number of methoxy groups -OCH3 is 1. The van der Waals surface area contributed by atoms with Gasteiger partial charge < -0.3 is 24.7 Å². The molecule has 0 aliphatic carbocycles. The maximum atomic E-state index is 12.8. The number of benzene rings is 1. The summed E-state index contributed by atoms with van der Waals surface area (Å²) in [7, 11) is 1.53. The van der Waals surface area contributed by atoms with Gasteiger partial charge in [0.15, 0.2) is 0 Å². The molecule has 2 atom stereocenters. The molecule has 2 saturated heterocycles. The Morgan fingerprint density at radius 2 is 2.07 bits per heavy atom. The average Bonchev–Trinajstić information content (AvgIpc) is 2.71. The maximum absolute atomic E-state index is 12.8. The summed E-state index contributed by atoms with van der Waals surface area (Å²) in [5.41, 5.74) is -0.794. The molecule has 29 heavy (non-hydrogen) atoms. The predicted octanol–water partition coefficient (Wildman–Crippen LogP) is 0.914. The number of aliphatic hydroxyl groups is 1. The molecule has 0 bridgehead atoms. The highest BCUT2D eigenvalue weighted by Gasteiger charge is 2.50. The van der Waals surface area contributed by atoms with E-state index in [1.165, 1.54) is 12.0 Å². The standard InChI is InChI=1S/C21H28N2O6/c1-29-16-6-4-5-15(11-16)12-21(20(27)28)14-23(10-8-17(21)24)19(26)13-22-9-3-2-7-18(22)25/h4-6,11,17,24H,2-3,7-10,12-14H2,1H3,(H,27,28)/t17-,21-/m1/s1. The smallest absolute Gasteiger partial charge is 0.314 e. The minimum Gasteiger partial charge on any atom is -0.497 e. The second kappa shape index (κ2) is 8.82. The van der Waals surface area contributed by atoms with Gasteiger partial charge in [-0.1, -0.05) is 12.1 Å². The van der Waals surface area contributed by atoms with Gasteiger partial charge in [-0.25, -0.2) is 0 Å². The van der Waals surface area contributed by atoms with Gasteiger partial charge >= 0.3 is 5.97 Å². The third-order valence-corrected chi connectivity index (χ3v) is 5.96. The van der Waals surface area contributed by atoms with Crippen LogP contribution in [0.4, 0.5) is 0 Å². The zero-order valence-electron chi connectivity index (χ0n) is 16.7. The van der Waals surface area contributed by atoms with Crippen molar-refractivity contribution in [3.8, 4) is 5.75 Å². The molecule has 2 N–H and O–H groups in total. The van der Waals surface area contributed by atoms with Crippen LogP contribution in [0.5, 0.6) is 5.75 Å². The van der Waals surface area contributed by atoms with Crippen LogP contribution in [-0.2, 0) is 20.8 Å². The van der Waals surface area contributed by atoms with E-state index in [0.29, 0.717) is 24.3 Å². The summed E-state index contributed by atoms with van der Waals surface area (Å²) < 4.78 is 5.21. The summed E-state index contributed by atoms with van der Waals surface area (Å²) in [4.78, 5) is 40.1. The molecule has 0 aromatic heterocycles. The summed E-state index contributed by atoms with van der Waals surface area (Å²) in [6, 6.07) is 7.06. The van der Waals surface area contributed by atoms with Crippen molar-refractivity contribution in [1.82, 2.24) is 9.80 Å². The topological polar surface area (TPSA) is 107 Å². The molecule has 0 saturated carbocycles. The number of carbonyl (C=O) groups is 3. The molecule has 158 valence electrons. The van der Waals surface area contributed by atoms with Crippen LogP contribution in [0.3, 0.4) is 0 Å². The van der Waals surface area contributed by atoms with Crippen molar-refractivity contribution >= 4 is 17.8 Å². The van der Waals surface area contributed by atoms with Crippen LogP contribution in [0.2, 0.25) is 0 Å². The van der Waals surface area contributed by atoms with E-state index in [1.54, 1.807) is 29.2 Å². The number of carboxylic acids is 1. The molecule has 3 rings (SSSR count). The Morgan fingerprint density at radius 3 is 2.76 bits per heavy atom. The van der Waals surface area contributed by atoms with E-state index < -0.39 is 17.5 Å². The van der Waals surface area contributed by atoms with Crippen LogP contribution < -0.4 is 4.74 Å². The van der Waals surface area contributed by atoms with Gasteiger partial charge in [0.2, 0.25) is 11.8 Å². The van der Waals surface area contributed by atoms with Crippen molar-refractivity contribution in [2.75, 3.05) is 33.3 Å². The van der Waals surface area contributed by atoms with Gasteiger partial charge in [0.05, 0.1) is 19.8 Å². The zero-order valence-corrected chi connectivity index (χ0v) is 16.7. The van der Waals surface area contributed by atoms with E-state index in [4.69, 9.17) is 4.74 Å².